The van der Waals surface area contributed by atoms with Gasteiger partial charge in [0, 0.05) is 10.5 Å². The first-order valence-corrected chi connectivity index (χ1v) is 6.29. The minimum Gasteiger partial charge on any atom is -0.307 e. The van der Waals surface area contributed by atoms with Crippen LogP contribution in [0, 0.1) is 6.07 Å². The van der Waals surface area contributed by atoms with Crippen molar-refractivity contribution in [1.29, 1.82) is 0 Å². The van der Waals surface area contributed by atoms with Crippen LogP contribution in [0.2, 0.25) is 0 Å². The molecule has 0 atom stereocenters. The van der Waals surface area contributed by atoms with Gasteiger partial charge in [0.05, 0.1) is 11.3 Å². The minimum absolute atomic E-state index is 0.398. The largest absolute Gasteiger partial charge is 0.326 e. The summed E-state index contributed by atoms with van der Waals surface area (Å²) in [7, 11) is 0. The second-order valence-electron chi connectivity index (χ2n) is 3.66. The monoisotopic (exact) mass is 317 g/mol. The quantitative estimate of drug-likeness (QED) is 0.893. The smallest absolute Gasteiger partial charge is 0.307 e. The molecule has 0 bridgehead atoms. The molecule has 0 aliphatic rings. The SMILES string of the molecule is O=C(NC(=O)c1ccccc1Br)Nc1[c]cccc1. The van der Waals surface area contributed by atoms with Crippen LogP contribution in [0.15, 0.2) is 53.0 Å². The van der Waals surface area contributed by atoms with Gasteiger partial charge in [0.15, 0.2) is 0 Å². The summed E-state index contributed by atoms with van der Waals surface area (Å²) in [5.74, 6) is -0.471. The molecule has 2 rings (SSSR count). The van der Waals surface area contributed by atoms with E-state index in [1.54, 1.807) is 48.5 Å². The highest BCUT2D eigenvalue weighted by molar-refractivity contribution is 9.10. The molecule has 2 aromatic carbocycles. The summed E-state index contributed by atoms with van der Waals surface area (Å²) < 4.78 is 0.631. The number of hydrogen-bond donors (Lipinski definition) is 2. The summed E-state index contributed by atoms with van der Waals surface area (Å²) in [4.78, 5) is 23.5. The van der Waals surface area contributed by atoms with Crippen molar-refractivity contribution >= 4 is 33.6 Å². The van der Waals surface area contributed by atoms with Gasteiger partial charge >= 0.3 is 6.03 Å². The maximum absolute atomic E-state index is 11.9. The van der Waals surface area contributed by atoms with E-state index in [2.05, 4.69) is 32.6 Å². The number of urea groups is 1. The lowest BCUT2D eigenvalue weighted by molar-refractivity contribution is 0.0966. The molecule has 1 radical (unpaired) electrons. The van der Waals surface area contributed by atoms with Gasteiger partial charge in [-0.05, 0) is 34.1 Å². The average Bonchev–Trinajstić information content (AvgIpc) is 2.40. The summed E-state index contributed by atoms with van der Waals surface area (Å²) in [6, 6.07) is 16.0. The molecule has 2 N–H and O–H groups in total. The van der Waals surface area contributed by atoms with Crippen LogP contribution in [0.1, 0.15) is 10.4 Å². The molecular weight excluding hydrogens is 308 g/mol. The fraction of sp³-hybridized carbons (Fsp3) is 0. The lowest BCUT2D eigenvalue weighted by atomic mass is 10.2. The first kappa shape index (κ1) is 13.3. The van der Waals surface area contributed by atoms with Gasteiger partial charge in [-0.3, -0.25) is 10.1 Å². The van der Waals surface area contributed by atoms with Gasteiger partial charge in [-0.2, -0.15) is 0 Å². The molecule has 0 heterocycles. The van der Waals surface area contributed by atoms with Crippen LogP contribution >= 0.6 is 15.9 Å². The van der Waals surface area contributed by atoms with Crippen LogP contribution in [-0.4, -0.2) is 11.9 Å². The fourth-order valence-corrected chi connectivity index (χ4v) is 1.91. The van der Waals surface area contributed by atoms with E-state index in [-0.39, 0.29) is 0 Å². The summed E-state index contributed by atoms with van der Waals surface area (Å²) in [6.45, 7) is 0. The maximum atomic E-state index is 11.9. The lowest BCUT2D eigenvalue weighted by Gasteiger charge is -2.07. The second kappa shape index (κ2) is 6.15. The molecule has 0 unspecified atom stereocenters. The standard InChI is InChI=1S/C14H10BrN2O2/c15-12-9-5-4-8-11(12)13(18)17-14(19)16-10-6-2-1-3-7-10/h1-6,8-9H,(H2,16,17,18,19). The Balaban J connectivity index is 2.00. The number of para-hydroxylation sites is 1. The van der Waals surface area contributed by atoms with Gasteiger partial charge in [-0.25, -0.2) is 4.79 Å². The first-order valence-electron chi connectivity index (χ1n) is 5.50. The Bertz CT molecular complexity index is 599. The lowest BCUT2D eigenvalue weighted by Crippen LogP contribution is -2.34. The van der Waals surface area contributed by atoms with Crippen molar-refractivity contribution < 1.29 is 9.59 Å². The second-order valence-corrected chi connectivity index (χ2v) is 4.52. The van der Waals surface area contributed by atoms with Crippen LogP contribution in [0.4, 0.5) is 10.5 Å². The number of carbonyl (C=O) groups is 2. The van der Waals surface area contributed by atoms with Crippen molar-refractivity contribution in [2.24, 2.45) is 0 Å². The number of benzene rings is 2. The van der Waals surface area contributed by atoms with E-state index in [0.29, 0.717) is 15.7 Å². The normalized spacial score (nSPS) is 9.74. The Morgan fingerprint density at radius 1 is 1.05 bits per heavy atom. The van der Waals surface area contributed by atoms with Crippen molar-refractivity contribution in [3.63, 3.8) is 0 Å². The zero-order valence-electron chi connectivity index (χ0n) is 9.81. The highest BCUT2D eigenvalue weighted by Gasteiger charge is 2.12. The third-order valence-corrected chi connectivity index (χ3v) is 2.99. The molecule has 0 saturated heterocycles. The highest BCUT2D eigenvalue weighted by Crippen LogP contribution is 2.15. The van der Waals surface area contributed by atoms with E-state index in [1.165, 1.54) is 0 Å². The maximum Gasteiger partial charge on any atom is 0.326 e. The van der Waals surface area contributed by atoms with Crippen molar-refractivity contribution in [2.75, 3.05) is 5.32 Å². The van der Waals surface area contributed by atoms with Gasteiger partial charge in [0.1, 0.15) is 0 Å². The minimum atomic E-state index is -0.594. The average molecular weight is 318 g/mol. The number of imide groups is 1. The first-order chi connectivity index (χ1) is 9.16. The molecule has 0 spiro atoms. The zero-order chi connectivity index (χ0) is 13.7. The van der Waals surface area contributed by atoms with E-state index in [9.17, 15) is 9.59 Å². The topological polar surface area (TPSA) is 58.2 Å². The number of amides is 3. The summed E-state index contributed by atoms with van der Waals surface area (Å²) in [5.41, 5.74) is 0.898. The van der Waals surface area contributed by atoms with Crippen molar-refractivity contribution in [2.45, 2.75) is 0 Å². The highest BCUT2D eigenvalue weighted by atomic mass is 79.9. The van der Waals surface area contributed by atoms with Crippen LogP contribution in [0.3, 0.4) is 0 Å². The van der Waals surface area contributed by atoms with Gasteiger partial charge < -0.3 is 5.32 Å². The predicted molar refractivity (Wildman–Crippen MR) is 75.9 cm³/mol. The third-order valence-electron chi connectivity index (χ3n) is 2.30. The van der Waals surface area contributed by atoms with E-state index < -0.39 is 11.9 Å². The number of anilines is 1. The summed E-state index contributed by atoms with van der Waals surface area (Å²) in [5, 5.41) is 4.77. The van der Waals surface area contributed by atoms with E-state index in [0.717, 1.165) is 0 Å². The van der Waals surface area contributed by atoms with E-state index >= 15 is 0 Å². The number of halogens is 1. The third kappa shape index (κ3) is 3.66. The van der Waals surface area contributed by atoms with Crippen molar-refractivity contribution in [3.8, 4) is 0 Å². The van der Waals surface area contributed by atoms with Crippen molar-refractivity contribution in [3.05, 3.63) is 64.6 Å². The van der Waals surface area contributed by atoms with Crippen molar-refractivity contribution in [1.82, 2.24) is 5.32 Å². The zero-order valence-corrected chi connectivity index (χ0v) is 11.4. The Labute approximate surface area is 119 Å². The van der Waals surface area contributed by atoms with Crippen LogP contribution < -0.4 is 10.6 Å². The molecule has 0 aliphatic heterocycles. The number of hydrogen-bond acceptors (Lipinski definition) is 2. The number of nitrogens with one attached hydrogen (secondary N) is 2. The molecule has 2 aromatic rings. The number of rotatable bonds is 2. The van der Waals surface area contributed by atoms with Gasteiger partial charge in [0.25, 0.3) is 5.91 Å². The molecule has 4 nitrogen and oxygen atoms in total. The van der Waals surface area contributed by atoms with Crippen LogP contribution in [0.25, 0.3) is 0 Å². The van der Waals surface area contributed by atoms with E-state index in [1.807, 2.05) is 0 Å². The summed E-state index contributed by atoms with van der Waals surface area (Å²) in [6.07, 6.45) is 0. The molecule has 0 fully saturated rings. The fourth-order valence-electron chi connectivity index (χ4n) is 1.44. The Hall–Kier alpha value is -2.14. The molecule has 95 valence electrons. The van der Waals surface area contributed by atoms with Crippen LogP contribution in [0.5, 0.6) is 0 Å². The Morgan fingerprint density at radius 2 is 1.79 bits per heavy atom. The Morgan fingerprint density at radius 3 is 2.47 bits per heavy atom. The van der Waals surface area contributed by atoms with Gasteiger partial charge in [-0.15, -0.1) is 0 Å². The van der Waals surface area contributed by atoms with Crippen LogP contribution in [-0.2, 0) is 0 Å². The molecule has 5 heteroatoms. The molecular formula is C14H10BrN2O2. The molecule has 0 saturated carbocycles. The van der Waals surface area contributed by atoms with Gasteiger partial charge in [0.2, 0.25) is 0 Å². The van der Waals surface area contributed by atoms with Gasteiger partial charge in [-0.1, -0.05) is 30.3 Å². The molecule has 3 amide bonds. The molecule has 0 aliphatic carbocycles. The Kier molecular flexibility index (Phi) is 4.30. The predicted octanol–water partition coefficient (Wildman–Crippen LogP) is 3.21. The molecule has 0 aromatic heterocycles. The van der Waals surface area contributed by atoms with E-state index in [4.69, 9.17) is 0 Å². The number of carbonyl (C=O) groups excluding carboxylic acids is 2. The summed E-state index contributed by atoms with van der Waals surface area (Å²) >= 11 is 3.25. The molecule has 19 heavy (non-hydrogen) atoms.